The lowest BCUT2D eigenvalue weighted by atomic mass is 9.80. The maximum Gasteiger partial charge on any atom is 0.416 e. The van der Waals surface area contributed by atoms with Gasteiger partial charge in [0.25, 0.3) is 0 Å². The van der Waals surface area contributed by atoms with Crippen LogP contribution in [0.1, 0.15) is 24.1 Å². The number of carbonyl (C=O) groups excluding carboxylic acids is 2. The summed E-state index contributed by atoms with van der Waals surface area (Å²) in [6, 6.07) is 9.67. The summed E-state index contributed by atoms with van der Waals surface area (Å²) in [4.78, 5) is 25.2. The number of rotatable bonds is 3. The number of alkyl halides is 3. The first-order chi connectivity index (χ1) is 14.0. The van der Waals surface area contributed by atoms with E-state index in [1.807, 2.05) is 0 Å². The lowest BCUT2D eigenvalue weighted by molar-refractivity contribution is -0.151. The van der Waals surface area contributed by atoms with Crippen LogP contribution in [-0.4, -0.2) is 30.7 Å². The van der Waals surface area contributed by atoms with E-state index in [4.69, 9.17) is 16.3 Å². The molecule has 30 heavy (non-hydrogen) atoms. The molecule has 1 aliphatic rings. The zero-order valence-electron chi connectivity index (χ0n) is 16.1. The highest BCUT2D eigenvalue weighted by Crippen LogP contribution is 2.41. The van der Waals surface area contributed by atoms with E-state index in [0.29, 0.717) is 5.02 Å². The highest BCUT2D eigenvalue weighted by atomic mass is 35.5. The molecule has 6 nitrogen and oxygen atoms in total. The van der Waals surface area contributed by atoms with Gasteiger partial charge in [0.2, 0.25) is 0 Å². The summed E-state index contributed by atoms with van der Waals surface area (Å²) in [6.45, 7) is 1.65. The maximum atomic E-state index is 12.7. The Morgan fingerprint density at radius 3 is 2.30 bits per heavy atom. The molecule has 0 spiro atoms. The van der Waals surface area contributed by atoms with E-state index < -0.39 is 35.2 Å². The van der Waals surface area contributed by atoms with E-state index in [1.165, 1.54) is 12.1 Å². The standard InChI is InChI=1S/C20H19ClF3N3O3/c1-19(17(28)30-2)11-27(26-16(19)12-3-7-14(21)8-4-12)18(29)25-15-9-5-13(6-10-15)20(22,23)24/h3-10,16,26H,11H2,1-2H3,(H,25,29). The molecule has 2 unspecified atom stereocenters. The van der Waals surface area contributed by atoms with Gasteiger partial charge >= 0.3 is 18.2 Å². The number of anilines is 1. The quantitative estimate of drug-likeness (QED) is 0.681. The lowest BCUT2D eigenvalue weighted by Crippen LogP contribution is -2.41. The van der Waals surface area contributed by atoms with Crippen molar-refractivity contribution in [3.8, 4) is 0 Å². The first-order valence-corrected chi connectivity index (χ1v) is 9.28. The molecule has 1 heterocycles. The summed E-state index contributed by atoms with van der Waals surface area (Å²) in [5.74, 6) is -0.514. The summed E-state index contributed by atoms with van der Waals surface area (Å²) in [5, 5.41) is 4.25. The van der Waals surface area contributed by atoms with Gasteiger partial charge in [-0.25, -0.2) is 10.2 Å². The first-order valence-electron chi connectivity index (χ1n) is 8.90. The Morgan fingerprint density at radius 1 is 1.17 bits per heavy atom. The molecular weight excluding hydrogens is 423 g/mol. The van der Waals surface area contributed by atoms with Crippen molar-refractivity contribution in [1.82, 2.24) is 10.4 Å². The molecule has 3 rings (SSSR count). The molecule has 0 aromatic heterocycles. The second-order valence-corrected chi connectivity index (χ2v) is 7.55. The summed E-state index contributed by atoms with van der Waals surface area (Å²) in [5.41, 5.74) is 1.97. The van der Waals surface area contributed by atoms with Gasteiger partial charge in [0.1, 0.15) is 5.41 Å². The van der Waals surface area contributed by atoms with Crippen LogP contribution in [0.4, 0.5) is 23.7 Å². The number of halogens is 4. The second-order valence-electron chi connectivity index (χ2n) is 7.11. The van der Waals surface area contributed by atoms with Gasteiger partial charge in [-0.05, 0) is 48.9 Å². The van der Waals surface area contributed by atoms with E-state index in [-0.39, 0.29) is 12.2 Å². The van der Waals surface area contributed by atoms with Gasteiger partial charge in [0.15, 0.2) is 0 Å². The molecule has 2 amide bonds. The predicted molar refractivity (Wildman–Crippen MR) is 105 cm³/mol. The Bertz CT molecular complexity index is 935. The van der Waals surface area contributed by atoms with Gasteiger partial charge in [-0.3, -0.25) is 9.80 Å². The number of nitrogens with zero attached hydrogens (tertiary/aromatic N) is 1. The minimum Gasteiger partial charge on any atom is -0.468 e. The molecule has 2 atom stereocenters. The van der Waals surface area contributed by atoms with E-state index in [0.717, 1.165) is 29.8 Å². The van der Waals surface area contributed by atoms with Crippen LogP contribution in [0.15, 0.2) is 48.5 Å². The van der Waals surface area contributed by atoms with Crippen LogP contribution in [0.3, 0.4) is 0 Å². The fourth-order valence-corrected chi connectivity index (χ4v) is 3.47. The number of hydrazine groups is 1. The fourth-order valence-electron chi connectivity index (χ4n) is 3.34. The van der Waals surface area contributed by atoms with Crippen LogP contribution >= 0.6 is 11.6 Å². The Morgan fingerprint density at radius 2 is 1.77 bits per heavy atom. The lowest BCUT2D eigenvalue weighted by Gasteiger charge is -2.26. The molecule has 2 aromatic rings. The van der Waals surface area contributed by atoms with Crippen LogP contribution < -0.4 is 10.7 Å². The van der Waals surface area contributed by atoms with Crippen molar-refractivity contribution in [3.05, 3.63) is 64.7 Å². The second kappa shape index (κ2) is 8.16. The molecule has 2 aromatic carbocycles. The molecule has 1 aliphatic heterocycles. The molecule has 2 N–H and O–H groups in total. The van der Waals surface area contributed by atoms with Crippen molar-refractivity contribution in [1.29, 1.82) is 0 Å². The highest BCUT2D eigenvalue weighted by molar-refractivity contribution is 6.30. The summed E-state index contributed by atoms with van der Waals surface area (Å²) in [6.07, 6.45) is -4.47. The average Bonchev–Trinajstić information content (AvgIpc) is 3.06. The summed E-state index contributed by atoms with van der Waals surface area (Å²) in [7, 11) is 1.26. The van der Waals surface area contributed by atoms with Crippen molar-refractivity contribution >= 4 is 29.3 Å². The van der Waals surface area contributed by atoms with Crippen molar-refractivity contribution in [2.45, 2.75) is 19.1 Å². The molecule has 160 valence electrons. The minimum absolute atomic E-state index is 0.0144. The normalized spacial score (nSPS) is 21.4. The van der Waals surface area contributed by atoms with E-state index in [2.05, 4.69) is 10.7 Å². The number of ether oxygens (including phenoxy) is 1. The van der Waals surface area contributed by atoms with Crippen LogP contribution in [-0.2, 0) is 15.7 Å². The summed E-state index contributed by atoms with van der Waals surface area (Å²) >= 11 is 5.93. The monoisotopic (exact) mass is 441 g/mol. The number of methoxy groups -OCH3 is 1. The fraction of sp³-hybridized carbons (Fsp3) is 0.300. The zero-order chi connectivity index (χ0) is 22.1. The van der Waals surface area contributed by atoms with Crippen LogP contribution in [0.5, 0.6) is 0 Å². The average molecular weight is 442 g/mol. The zero-order valence-corrected chi connectivity index (χ0v) is 16.8. The molecule has 1 fully saturated rings. The number of hydrogen-bond donors (Lipinski definition) is 2. The third-order valence-corrected chi connectivity index (χ3v) is 5.22. The van der Waals surface area contributed by atoms with Crippen LogP contribution in [0.25, 0.3) is 0 Å². The van der Waals surface area contributed by atoms with E-state index >= 15 is 0 Å². The number of carbonyl (C=O) groups is 2. The van der Waals surface area contributed by atoms with Gasteiger partial charge in [-0.1, -0.05) is 23.7 Å². The Balaban J connectivity index is 1.80. The van der Waals surface area contributed by atoms with E-state index in [9.17, 15) is 22.8 Å². The van der Waals surface area contributed by atoms with E-state index in [1.54, 1.807) is 31.2 Å². The van der Waals surface area contributed by atoms with Gasteiger partial charge in [0.05, 0.1) is 25.3 Å². The third kappa shape index (κ3) is 4.36. The van der Waals surface area contributed by atoms with Crippen molar-refractivity contribution in [3.63, 3.8) is 0 Å². The smallest absolute Gasteiger partial charge is 0.416 e. The predicted octanol–water partition coefficient (Wildman–Crippen LogP) is 4.63. The largest absolute Gasteiger partial charge is 0.468 e. The molecule has 0 radical (unpaired) electrons. The Hall–Kier alpha value is -2.78. The van der Waals surface area contributed by atoms with Gasteiger partial charge in [-0.2, -0.15) is 13.2 Å². The van der Waals surface area contributed by atoms with Crippen LogP contribution in [0.2, 0.25) is 5.02 Å². The molecule has 0 aliphatic carbocycles. The number of esters is 1. The highest BCUT2D eigenvalue weighted by Gasteiger charge is 2.51. The van der Waals surface area contributed by atoms with Crippen LogP contribution in [0, 0.1) is 5.41 Å². The number of hydrogen-bond acceptors (Lipinski definition) is 4. The summed E-state index contributed by atoms with van der Waals surface area (Å²) < 4.78 is 43.0. The van der Waals surface area contributed by atoms with Crippen molar-refractivity contribution < 1.29 is 27.5 Å². The molecule has 1 saturated heterocycles. The number of amides is 2. The first kappa shape index (κ1) is 21.9. The van der Waals surface area contributed by atoms with Gasteiger partial charge in [-0.15, -0.1) is 0 Å². The maximum absolute atomic E-state index is 12.7. The Kier molecular flexibility index (Phi) is 5.96. The topological polar surface area (TPSA) is 70.7 Å². The molecule has 0 bridgehead atoms. The number of benzene rings is 2. The number of urea groups is 1. The van der Waals surface area contributed by atoms with Crippen molar-refractivity contribution in [2.24, 2.45) is 5.41 Å². The Labute approximate surface area is 175 Å². The molecule has 0 saturated carbocycles. The third-order valence-electron chi connectivity index (χ3n) is 4.97. The number of nitrogens with one attached hydrogen (secondary N) is 2. The minimum atomic E-state index is -4.47. The van der Waals surface area contributed by atoms with Gasteiger partial charge < -0.3 is 10.1 Å². The van der Waals surface area contributed by atoms with Gasteiger partial charge in [0, 0.05) is 10.7 Å². The molecular formula is C20H19ClF3N3O3. The molecule has 10 heteroatoms. The SMILES string of the molecule is COC(=O)C1(C)CN(C(=O)Nc2ccc(C(F)(F)F)cc2)NC1c1ccc(Cl)cc1. The van der Waals surface area contributed by atoms with Crippen molar-refractivity contribution in [2.75, 3.05) is 19.0 Å².